The lowest BCUT2D eigenvalue weighted by molar-refractivity contribution is -0.116. The van der Waals surface area contributed by atoms with Crippen LogP contribution < -0.4 is 10.6 Å². The summed E-state index contributed by atoms with van der Waals surface area (Å²) < 4.78 is 15.6. The fourth-order valence-electron chi connectivity index (χ4n) is 3.81. The molecule has 1 aromatic heterocycles. The average molecular weight is 554 g/mol. The van der Waals surface area contributed by atoms with E-state index < -0.39 is 17.8 Å². The topological polar surface area (TPSA) is 79.3 Å². The fraction of sp³-hybridized carbons (Fsp3) is 0.179. The highest BCUT2D eigenvalue weighted by atomic mass is 35.5. The maximum absolute atomic E-state index is 14.1. The Morgan fingerprint density at radius 2 is 1.66 bits per heavy atom. The molecule has 0 radical (unpaired) electrons. The first-order valence-corrected chi connectivity index (χ1v) is 12.7. The van der Waals surface area contributed by atoms with Crippen LogP contribution in [-0.2, 0) is 4.79 Å². The summed E-state index contributed by atoms with van der Waals surface area (Å²) in [5.74, 6) is -0.559. The number of benzene rings is 3. The van der Waals surface area contributed by atoms with Crippen molar-refractivity contribution < 1.29 is 14.0 Å². The van der Waals surface area contributed by atoms with Gasteiger partial charge < -0.3 is 15.5 Å². The monoisotopic (exact) mass is 553 g/mol. The van der Waals surface area contributed by atoms with Gasteiger partial charge in [-0.1, -0.05) is 79.5 Å². The Balaban J connectivity index is 1.59. The molecule has 0 aliphatic heterocycles. The summed E-state index contributed by atoms with van der Waals surface area (Å²) in [6.07, 6.45) is 0. The number of nitrogens with one attached hydrogen (secondary N) is 2. The summed E-state index contributed by atoms with van der Waals surface area (Å²) in [5.41, 5.74) is 2.11. The highest BCUT2D eigenvalue weighted by molar-refractivity contribution is 6.42. The predicted octanol–water partition coefficient (Wildman–Crippen LogP) is 7.11. The molecule has 38 heavy (non-hydrogen) atoms. The van der Waals surface area contributed by atoms with Crippen molar-refractivity contribution in [2.24, 2.45) is 5.92 Å². The third-order valence-electron chi connectivity index (χ3n) is 5.52. The van der Waals surface area contributed by atoms with E-state index in [2.05, 4.69) is 15.7 Å². The molecular weight excluding hydrogens is 528 g/mol. The van der Waals surface area contributed by atoms with E-state index in [0.29, 0.717) is 27.2 Å². The van der Waals surface area contributed by atoms with Crippen LogP contribution in [0.4, 0.5) is 20.7 Å². The highest BCUT2D eigenvalue weighted by Gasteiger charge is 2.21. The minimum atomic E-state index is -0.582. The Bertz CT molecular complexity index is 1440. The first-order valence-electron chi connectivity index (χ1n) is 11.9. The second-order valence-electron chi connectivity index (χ2n) is 9.02. The summed E-state index contributed by atoms with van der Waals surface area (Å²) in [6, 6.07) is 21.5. The quantitative estimate of drug-likeness (QED) is 0.244. The predicted molar refractivity (Wildman–Crippen MR) is 149 cm³/mol. The Morgan fingerprint density at radius 1 is 0.947 bits per heavy atom. The molecule has 2 N–H and O–H groups in total. The number of halogens is 3. The van der Waals surface area contributed by atoms with Gasteiger partial charge in [0.1, 0.15) is 18.2 Å². The molecule has 3 aromatic carbocycles. The van der Waals surface area contributed by atoms with Crippen molar-refractivity contribution in [2.75, 3.05) is 23.7 Å². The van der Waals surface area contributed by atoms with Crippen molar-refractivity contribution in [2.45, 2.75) is 13.8 Å². The van der Waals surface area contributed by atoms with Crippen LogP contribution in [0.25, 0.3) is 16.9 Å². The second-order valence-corrected chi connectivity index (χ2v) is 9.84. The average Bonchev–Trinajstić information content (AvgIpc) is 3.30. The van der Waals surface area contributed by atoms with Gasteiger partial charge in [-0.3, -0.25) is 4.79 Å². The molecule has 10 heteroatoms. The first-order chi connectivity index (χ1) is 18.2. The minimum Gasteiger partial charge on any atom is -0.315 e. The van der Waals surface area contributed by atoms with Gasteiger partial charge in [0.05, 0.1) is 27.1 Å². The van der Waals surface area contributed by atoms with E-state index in [0.717, 1.165) is 5.56 Å². The van der Waals surface area contributed by atoms with Crippen molar-refractivity contribution >= 4 is 46.6 Å². The number of rotatable bonds is 8. The molecule has 0 unspecified atom stereocenters. The van der Waals surface area contributed by atoms with Crippen LogP contribution in [0.5, 0.6) is 0 Å². The lowest BCUT2D eigenvalue weighted by Gasteiger charge is -2.24. The number of carbonyl (C=O) groups excluding carboxylic acids is 2. The molecule has 3 amide bonds. The van der Waals surface area contributed by atoms with Crippen molar-refractivity contribution in [3.63, 3.8) is 0 Å². The lowest BCUT2D eigenvalue weighted by atomic mass is 10.1. The summed E-state index contributed by atoms with van der Waals surface area (Å²) in [7, 11) is 0. The second kappa shape index (κ2) is 12.1. The zero-order chi connectivity index (χ0) is 27.2. The number of carbonyl (C=O) groups is 2. The number of anilines is 2. The van der Waals surface area contributed by atoms with Gasteiger partial charge in [0, 0.05) is 18.2 Å². The van der Waals surface area contributed by atoms with Crippen LogP contribution in [-0.4, -0.2) is 39.7 Å². The molecule has 1 heterocycles. The zero-order valence-corrected chi connectivity index (χ0v) is 22.3. The molecule has 0 bridgehead atoms. The van der Waals surface area contributed by atoms with Crippen molar-refractivity contribution in [1.29, 1.82) is 0 Å². The summed E-state index contributed by atoms with van der Waals surface area (Å²) in [6.45, 7) is 3.88. The molecule has 0 saturated heterocycles. The molecule has 0 aliphatic carbocycles. The van der Waals surface area contributed by atoms with Gasteiger partial charge in [0.15, 0.2) is 0 Å². The van der Waals surface area contributed by atoms with Crippen molar-refractivity contribution in [3.05, 3.63) is 94.7 Å². The van der Waals surface area contributed by atoms with Gasteiger partial charge in [-0.05, 0) is 36.2 Å². The SMILES string of the molecule is CC(C)CN(CC(=O)Nc1cc(-c2ccccc2)nn1-c1ccc(Cl)c(Cl)c1)C(=O)Nc1ccccc1F. The number of nitrogens with zero attached hydrogens (tertiary/aromatic N) is 3. The fourth-order valence-corrected chi connectivity index (χ4v) is 4.10. The van der Waals surface area contributed by atoms with Crippen LogP contribution in [0.3, 0.4) is 0 Å². The Kier molecular flexibility index (Phi) is 8.66. The standard InChI is InChI=1S/C28H26Cl2FN5O2/c1-18(2)16-35(28(38)32-24-11-7-6-10-23(24)31)17-27(37)33-26-15-25(19-8-4-3-5-9-19)34-36(26)20-12-13-21(29)22(30)14-20/h3-15,18H,16-17H2,1-2H3,(H,32,38)(H,33,37). The van der Waals surface area contributed by atoms with Gasteiger partial charge in [0.2, 0.25) is 5.91 Å². The molecule has 196 valence electrons. The molecule has 0 aliphatic rings. The van der Waals surface area contributed by atoms with E-state index in [1.165, 1.54) is 23.1 Å². The molecular formula is C28H26Cl2FN5O2. The molecule has 0 atom stereocenters. The van der Waals surface area contributed by atoms with E-state index in [-0.39, 0.29) is 24.7 Å². The van der Waals surface area contributed by atoms with Crippen LogP contribution in [0.2, 0.25) is 10.0 Å². The molecule has 4 rings (SSSR count). The van der Waals surface area contributed by atoms with E-state index >= 15 is 0 Å². The summed E-state index contributed by atoms with van der Waals surface area (Å²) in [5, 5.41) is 10.8. The van der Waals surface area contributed by atoms with Gasteiger partial charge >= 0.3 is 6.03 Å². The minimum absolute atomic E-state index is 0.0388. The smallest absolute Gasteiger partial charge is 0.315 e. The Morgan fingerprint density at radius 3 is 2.34 bits per heavy atom. The van der Waals surface area contributed by atoms with Crippen molar-refractivity contribution in [3.8, 4) is 16.9 Å². The molecule has 4 aromatic rings. The van der Waals surface area contributed by atoms with E-state index in [1.807, 2.05) is 44.2 Å². The number of aromatic nitrogens is 2. The van der Waals surface area contributed by atoms with E-state index in [4.69, 9.17) is 23.2 Å². The number of hydrogen-bond donors (Lipinski definition) is 2. The van der Waals surface area contributed by atoms with Crippen LogP contribution in [0.1, 0.15) is 13.8 Å². The summed E-state index contributed by atoms with van der Waals surface area (Å²) >= 11 is 12.3. The van der Waals surface area contributed by atoms with Crippen LogP contribution in [0, 0.1) is 11.7 Å². The van der Waals surface area contributed by atoms with E-state index in [1.54, 1.807) is 35.0 Å². The van der Waals surface area contributed by atoms with Gasteiger partial charge in [-0.15, -0.1) is 0 Å². The van der Waals surface area contributed by atoms with Crippen LogP contribution >= 0.6 is 23.2 Å². The summed E-state index contributed by atoms with van der Waals surface area (Å²) in [4.78, 5) is 27.5. The molecule has 0 spiro atoms. The zero-order valence-electron chi connectivity index (χ0n) is 20.8. The van der Waals surface area contributed by atoms with Gasteiger partial charge in [-0.25, -0.2) is 13.9 Å². The third kappa shape index (κ3) is 6.70. The molecule has 0 fully saturated rings. The Hall–Kier alpha value is -3.88. The highest BCUT2D eigenvalue weighted by Crippen LogP contribution is 2.29. The normalized spacial score (nSPS) is 10.9. The third-order valence-corrected chi connectivity index (χ3v) is 6.26. The van der Waals surface area contributed by atoms with Gasteiger partial charge in [-0.2, -0.15) is 5.10 Å². The van der Waals surface area contributed by atoms with Crippen molar-refractivity contribution in [1.82, 2.24) is 14.7 Å². The maximum Gasteiger partial charge on any atom is 0.322 e. The Labute approximate surface area is 230 Å². The number of urea groups is 1. The van der Waals surface area contributed by atoms with E-state index in [9.17, 15) is 14.0 Å². The first kappa shape index (κ1) is 27.2. The molecule has 0 saturated carbocycles. The maximum atomic E-state index is 14.1. The van der Waals surface area contributed by atoms with Crippen LogP contribution in [0.15, 0.2) is 78.9 Å². The molecule has 7 nitrogen and oxygen atoms in total. The number of amides is 3. The number of hydrogen-bond acceptors (Lipinski definition) is 3. The largest absolute Gasteiger partial charge is 0.322 e. The number of para-hydroxylation sites is 1. The lowest BCUT2D eigenvalue weighted by Crippen LogP contribution is -2.42. The van der Waals surface area contributed by atoms with Gasteiger partial charge in [0.25, 0.3) is 0 Å².